The molecule has 1 aromatic carbocycles. The van der Waals surface area contributed by atoms with Crippen molar-refractivity contribution in [2.24, 2.45) is 5.92 Å². The van der Waals surface area contributed by atoms with Crippen LogP contribution in [0.3, 0.4) is 0 Å². The van der Waals surface area contributed by atoms with E-state index < -0.39 is 0 Å². The molecule has 1 atom stereocenters. The zero-order chi connectivity index (χ0) is 18.8. The van der Waals surface area contributed by atoms with Crippen molar-refractivity contribution in [1.82, 2.24) is 20.4 Å². The molecule has 9 heteroatoms. The maximum absolute atomic E-state index is 12.5. The highest BCUT2D eigenvalue weighted by Gasteiger charge is 2.36. The number of fused-ring (bicyclic) bond motifs is 1. The Balaban J connectivity index is 1.36. The van der Waals surface area contributed by atoms with E-state index in [4.69, 9.17) is 4.74 Å². The molecule has 0 bridgehead atoms. The molecule has 0 unspecified atom stereocenters. The van der Waals surface area contributed by atoms with E-state index in [2.05, 4.69) is 36.3 Å². The van der Waals surface area contributed by atoms with Crippen LogP contribution in [-0.4, -0.2) is 72.8 Å². The summed E-state index contributed by atoms with van der Waals surface area (Å²) in [6.07, 6.45) is 0.217. The number of nitrogens with zero attached hydrogens (tertiary/aromatic N) is 3. The molecule has 3 heterocycles. The fourth-order valence-electron chi connectivity index (χ4n) is 3.58. The van der Waals surface area contributed by atoms with Gasteiger partial charge in [-0.15, -0.1) is 0 Å². The number of benzene rings is 1. The van der Waals surface area contributed by atoms with Crippen LogP contribution in [0.1, 0.15) is 6.42 Å². The van der Waals surface area contributed by atoms with Gasteiger partial charge in [0.25, 0.3) is 0 Å². The number of amides is 2. The molecule has 2 aromatic rings. The Bertz CT molecular complexity index is 849. The number of morpholine rings is 1. The van der Waals surface area contributed by atoms with Gasteiger partial charge in [-0.1, -0.05) is 15.9 Å². The van der Waals surface area contributed by atoms with Gasteiger partial charge in [-0.25, -0.2) is 0 Å². The third-order valence-electron chi connectivity index (χ3n) is 5.09. The van der Waals surface area contributed by atoms with E-state index in [1.165, 1.54) is 0 Å². The quantitative estimate of drug-likeness (QED) is 0.734. The summed E-state index contributed by atoms with van der Waals surface area (Å²) in [4.78, 5) is 28.8. The molecule has 0 radical (unpaired) electrons. The van der Waals surface area contributed by atoms with Crippen LogP contribution in [0.25, 0.3) is 10.9 Å². The summed E-state index contributed by atoms with van der Waals surface area (Å²) < 4.78 is 6.26. The monoisotopic (exact) mass is 435 g/mol. The predicted octanol–water partition coefficient (Wildman–Crippen LogP) is 1.13. The summed E-state index contributed by atoms with van der Waals surface area (Å²) in [5.74, 6) is 0.108. The number of carbonyl (C=O) groups excluding carboxylic acids is 2. The Morgan fingerprint density at radius 3 is 3.00 bits per heavy atom. The van der Waals surface area contributed by atoms with Gasteiger partial charge in [0.05, 0.1) is 24.6 Å². The number of nitrogens with one attached hydrogen (secondary N) is 2. The van der Waals surface area contributed by atoms with Gasteiger partial charge in [0.2, 0.25) is 11.8 Å². The number of H-pyrrole nitrogens is 1. The van der Waals surface area contributed by atoms with Gasteiger partial charge in [-0.3, -0.25) is 24.5 Å². The summed E-state index contributed by atoms with van der Waals surface area (Å²) in [5, 5.41) is 11.1. The lowest BCUT2D eigenvalue weighted by atomic mass is 10.1. The van der Waals surface area contributed by atoms with Crippen LogP contribution in [0.4, 0.5) is 5.82 Å². The first-order valence-corrected chi connectivity index (χ1v) is 9.93. The largest absolute Gasteiger partial charge is 0.379 e. The first kappa shape index (κ1) is 18.4. The minimum absolute atomic E-state index is 0.0679. The minimum atomic E-state index is -0.343. The molecular formula is C18H22BrN5O3. The number of hydrogen-bond donors (Lipinski definition) is 2. The molecule has 2 N–H and O–H groups in total. The highest BCUT2D eigenvalue weighted by Crippen LogP contribution is 2.31. The highest BCUT2D eigenvalue weighted by molar-refractivity contribution is 9.10. The summed E-state index contributed by atoms with van der Waals surface area (Å²) in [5.41, 5.74) is 0.852. The average molecular weight is 436 g/mol. The lowest BCUT2D eigenvalue weighted by Crippen LogP contribution is -2.42. The topological polar surface area (TPSA) is 90.6 Å². The smallest absolute Gasteiger partial charge is 0.229 e. The second kappa shape index (κ2) is 7.95. The molecule has 8 nitrogen and oxygen atoms in total. The third kappa shape index (κ3) is 3.99. The minimum Gasteiger partial charge on any atom is -0.379 e. The van der Waals surface area contributed by atoms with Gasteiger partial charge in [-0.05, 0) is 18.2 Å². The SMILES string of the molecule is O=C(NCCN1CCOCC1)[C@@H]1CC(=O)N(c2n[nH]c3cc(Br)ccc23)C1. The zero-order valence-corrected chi connectivity index (χ0v) is 16.5. The number of carbonyl (C=O) groups is 2. The third-order valence-corrected chi connectivity index (χ3v) is 5.58. The molecule has 2 aliphatic rings. The Kier molecular flexibility index (Phi) is 5.42. The molecule has 27 heavy (non-hydrogen) atoms. The van der Waals surface area contributed by atoms with Crippen LogP contribution in [0.15, 0.2) is 22.7 Å². The van der Waals surface area contributed by atoms with Crippen LogP contribution >= 0.6 is 15.9 Å². The van der Waals surface area contributed by atoms with Crippen molar-refractivity contribution in [3.05, 3.63) is 22.7 Å². The number of aromatic nitrogens is 2. The van der Waals surface area contributed by atoms with Crippen LogP contribution < -0.4 is 10.2 Å². The van der Waals surface area contributed by atoms with Gasteiger partial charge in [-0.2, -0.15) is 5.10 Å². The van der Waals surface area contributed by atoms with E-state index in [1.54, 1.807) is 4.90 Å². The standard InChI is InChI=1S/C18H22BrN5O3/c19-13-1-2-14-15(10-13)21-22-17(14)24-11-12(9-16(24)25)18(26)20-3-4-23-5-7-27-8-6-23/h1-2,10,12H,3-9,11H2,(H,20,26)(H,21,22)/t12-/m1/s1. The molecule has 144 valence electrons. The highest BCUT2D eigenvalue weighted by atomic mass is 79.9. The van der Waals surface area contributed by atoms with Crippen molar-refractivity contribution in [3.8, 4) is 0 Å². The van der Waals surface area contributed by atoms with Crippen molar-refractivity contribution in [1.29, 1.82) is 0 Å². The van der Waals surface area contributed by atoms with E-state index in [0.29, 0.717) is 18.9 Å². The number of ether oxygens (including phenoxy) is 1. The van der Waals surface area contributed by atoms with E-state index in [0.717, 1.165) is 48.2 Å². The lowest BCUT2D eigenvalue weighted by molar-refractivity contribution is -0.126. The van der Waals surface area contributed by atoms with Crippen LogP contribution in [0.5, 0.6) is 0 Å². The second-order valence-corrected chi connectivity index (χ2v) is 7.80. The van der Waals surface area contributed by atoms with E-state index in [9.17, 15) is 9.59 Å². The lowest BCUT2D eigenvalue weighted by Gasteiger charge is -2.26. The maximum atomic E-state index is 12.5. The van der Waals surface area contributed by atoms with Gasteiger partial charge in [0.15, 0.2) is 5.82 Å². The molecule has 0 saturated carbocycles. The average Bonchev–Trinajstić information content (AvgIpc) is 3.25. The Hall–Kier alpha value is -1.97. The number of halogens is 1. The van der Waals surface area contributed by atoms with Crippen molar-refractivity contribution >= 4 is 44.5 Å². The van der Waals surface area contributed by atoms with Gasteiger partial charge >= 0.3 is 0 Å². The fourth-order valence-corrected chi connectivity index (χ4v) is 3.94. The summed E-state index contributed by atoms with van der Waals surface area (Å²) in [6.45, 7) is 5.03. The summed E-state index contributed by atoms with van der Waals surface area (Å²) in [6, 6.07) is 5.75. The summed E-state index contributed by atoms with van der Waals surface area (Å²) in [7, 11) is 0. The molecular weight excluding hydrogens is 414 g/mol. The molecule has 2 saturated heterocycles. The Labute approximate surface area is 165 Å². The number of rotatable bonds is 5. The second-order valence-electron chi connectivity index (χ2n) is 6.89. The Morgan fingerprint density at radius 2 is 2.19 bits per heavy atom. The van der Waals surface area contributed by atoms with Crippen LogP contribution in [0.2, 0.25) is 0 Å². The van der Waals surface area contributed by atoms with E-state index in [-0.39, 0.29) is 24.2 Å². The molecule has 2 aliphatic heterocycles. The van der Waals surface area contributed by atoms with Gasteiger partial charge in [0.1, 0.15) is 0 Å². The molecule has 0 aliphatic carbocycles. The van der Waals surface area contributed by atoms with E-state index in [1.807, 2.05) is 18.2 Å². The first-order valence-electron chi connectivity index (χ1n) is 9.13. The number of anilines is 1. The van der Waals surface area contributed by atoms with Crippen LogP contribution in [-0.2, 0) is 14.3 Å². The first-order chi connectivity index (χ1) is 13.1. The molecule has 1 aromatic heterocycles. The summed E-state index contributed by atoms with van der Waals surface area (Å²) >= 11 is 3.43. The van der Waals surface area contributed by atoms with Crippen molar-refractivity contribution in [3.63, 3.8) is 0 Å². The molecule has 4 rings (SSSR count). The fraction of sp³-hybridized carbons (Fsp3) is 0.500. The van der Waals surface area contributed by atoms with Crippen molar-refractivity contribution in [2.45, 2.75) is 6.42 Å². The van der Waals surface area contributed by atoms with Crippen LogP contribution in [0, 0.1) is 5.92 Å². The normalized spacial score (nSPS) is 21.1. The molecule has 0 spiro atoms. The maximum Gasteiger partial charge on any atom is 0.229 e. The molecule has 2 fully saturated rings. The van der Waals surface area contributed by atoms with Gasteiger partial charge < -0.3 is 10.1 Å². The van der Waals surface area contributed by atoms with Crippen molar-refractivity contribution < 1.29 is 14.3 Å². The Morgan fingerprint density at radius 1 is 1.37 bits per heavy atom. The molecule has 2 amide bonds. The van der Waals surface area contributed by atoms with Gasteiger partial charge in [0, 0.05) is 49.0 Å². The zero-order valence-electron chi connectivity index (χ0n) is 14.9. The number of aromatic amines is 1. The van der Waals surface area contributed by atoms with Crippen molar-refractivity contribution in [2.75, 3.05) is 50.8 Å². The predicted molar refractivity (Wildman–Crippen MR) is 105 cm³/mol. The number of hydrogen-bond acceptors (Lipinski definition) is 5. The van der Waals surface area contributed by atoms with E-state index >= 15 is 0 Å².